The van der Waals surface area contributed by atoms with Crippen LogP contribution in [0.2, 0.25) is 0 Å². The van der Waals surface area contributed by atoms with Gasteiger partial charge in [-0.15, -0.1) is 0 Å². The minimum absolute atomic E-state index is 0.0799. The molecule has 0 N–H and O–H groups in total. The predicted octanol–water partition coefficient (Wildman–Crippen LogP) is 3.62. The molecule has 5 heteroatoms. The lowest BCUT2D eigenvalue weighted by Gasteiger charge is -2.32. The minimum atomic E-state index is -1.51. The van der Waals surface area contributed by atoms with Gasteiger partial charge in [-0.25, -0.2) is 0 Å². The maximum Gasteiger partial charge on any atom is 0.202 e. The van der Waals surface area contributed by atoms with Crippen LogP contribution < -0.4 is 0 Å². The van der Waals surface area contributed by atoms with Gasteiger partial charge in [-0.1, -0.05) is 52.5 Å². The molecule has 1 aliphatic rings. The average molecular weight is 260 g/mol. The van der Waals surface area contributed by atoms with Gasteiger partial charge in [0.15, 0.2) is 5.78 Å². The Labute approximate surface area is 96.3 Å². The van der Waals surface area contributed by atoms with Crippen LogP contribution in [0, 0.1) is 5.41 Å². The summed E-state index contributed by atoms with van der Waals surface area (Å²) in [7, 11) is 0. The SMILES string of the molecule is C[C@@]1(C(Cl)(Cl)Cl)C=CC(=O)C(Cl)=C1. The summed E-state index contributed by atoms with van der Waals surface area (Å²) in [6.07, 6.45) is 4.29. The molecular weight excluding hydrogens is 254 g/mol. The summed E-state index contributed by atoms with van der Waals surface area (Å²) in [6.45, 7) is 1.69. The topological polar surface area (TPSA) is 17.1 Å². The van der Waals surface area contributed by atoms with Gasteiger partial charge < -0.3 is 0 Å². The Morgan fingerprint density at radius 2 is 1.92 bits per heavy atom. The van der Waals surface area contributed by atoms with E-state index in [1.165, 1.54) is 18.2 Å². The molecule has 0 saturated heterocycles. The van der Waals surface area contributed by atoms with Crippen molar-refractivity contribution in [1.82, 2.24) is 0 Å². The summed E-state index contributed by atoms with van der Waals surface area (Å²) in [6, 6.07) is 0. The second-order valence-electron chi connectivity index (χ2n) is 2.97. The molecule has 0 bridgehead atoms. The highest BCUT2D eigenvalue weighted by molar-refractivity contribution is 6.68. The molecule has 0 aromatic carbocycles. The average Bonchev–Trinajstić information content (AvgIpc) is 1.95. The molecule has 0 unspecified atom stereocenters. The van der Waals surface area contributed by atoms with Crippen LogP contribution in [0.15, 0.2) is 23.3 Å². The highest BCUT2D eigenvalue weighted by atomic mass is 35.6. The number of hydrogen-bond acceptors (Lipinski definition) is 1. The van der Waals surface area contributed by atoms with Gasteiger partial charge in [-0.2, -0.15) is 0 Å². The molecule has 0 amide bonds. The van der Waals surface area contributed by atoms with Gasteiger partial charge in [0.2, 0.25) is 3.79 Å². The van der Waals surface area contributed by atoms with Gasteiger partial charge >= 0.3 is 0 Å². The fraction of sp³-hybridized carbons (Fsp3) is 0.375. The minimum Gasteiger partial charge on any atom is -0.288 e. The van der Waals surface area contributed by atoms with Crippen LogP contribution in [0.4, 0.5) is 0 Å². The van der Waals surface area contributed by atoms with Crippen LogP contribution in [0.25, 0.3) is 0 Å². The Morgan fingerprint density at radius 1 is 1.38 bits per heavy atom. The van der Waals surface area contributed by atoms with Crippen molar-refractivity contribution in [2.45, 2.75) is 10.7 Å². The maximum absolute atomic E-state index is 11.0. The largest absolute Gasteiger partial charge is 0.288 e. The molecule has 1 atom stereocenters. The molecule has 72 valence electrons. The van der Waals surface area contributed by atoms with E-state index in [1.54, 1.807) is 6.92 Å². The second kappa shape index (κ2) is 3.47. The number of hydrogen-bond donors (Lipinski definition) is 0. The third-order valence-electron chi connectivity index (χ3n) is 1.85. The standard InChI is InChI=1S/C8H6Cl4O/c1-7(8(10,11)12)3-2-6(13)5(9)4-7/h2-4H,1H3/t7-/m1/s1. The third-order valence-corrected chi connectivity index (χ3v) is 3.37. The molecule has 1 rings (SSSR count). The Hall–Kier alpha value is 0.310. The van der Waals surface area contributed by atoms with Gasteiger partial charge in [0.1, 0.15) is 0 Å². The van der Waals surface area contributed by atoms with Crippen molar-refractivity contribution >= 4 is 52.2 Å². The zero-order chi connectivity index (χ0) is 10.3. The number of rotatable bonds is 0. The lowest BCUT2D eigenvalue weighted by molar-refractivity contribution is -0.111. The summed E-state index contributed by atoms with van der Waals surface area (Å²) in [4.78, 5) is 11.0. The molecule has 0 radical (unpaired) electrons. The van der Waals surface area contributed by atoms with Crippen molar-refractivity contribution < 1.29 is 4.79 Å². The number of alkyl halides is 3. The lowest BCUT2D eigenvalue weighted by Crippen LogP contribution is -2.30. The number of allylic oxidation sites excluding steroid dienone is 4. The normalized spacial score (nSPS) is 29.0. The molecule has 0 aliphatic heterocycles. The first kappa shape index (κ1) is 11.4. The Bertz CT molecular complexity index is 300. The van der Waals surface area contributed by atoms with Gasteiger partial charge in [0.25, 0.3) is 0 Å². The lowest BCUT2D eigenvalue weighted by atomic mass is 9.87. The highest BCUT2D eigenvalue weighted by Crippen LogP contribution is 2.48. The number of carbonyl (C=O) groups excluding carboxylic acids is 1. The van der Waals surface area contributed by atoms with Crippen LogP contribution in [0.1, 0.15) is 6.92 Å². The molecule has 0 heterocycles. The third kappa shape index (κ3) is 2.21. The van der Waals surface area contributed by atoms with Crippen molar-refractivity contribution in [3.05, 3.63) is 23.3 Å². The fourth-order valence-corrected chi connectivity index (χ4v) is 1.53. The van der Waals surface area contributed by atoms with E-state index in [4.69, 9.17) is 46.4 Å². The molecule has 13 heavy (non-hydrogen) atoms. The second-order valence-corrected chi connectivity index (χ2v) is 5.66. The van der Waals surface area contributed by atoms with E-state index in [0.717, 1.165) is 0 Å². The van der Waals surface area contributed by atoms with E-state index in [0.29, 0.717) is 0 Å². The first-order valence-electron chi connectivity index (χ1n) is 3.45. The summed E-state index contributed by atoms with van der Waals surface area (Å²) in [5.74, 6) is -0.270. The quantitative estimate of drug-likeness (QED) is 0.608. The first-order valence-corrected chi connectivity index (χ1v) is 4.96. The van der Waals surface area contributed by atoms with Crippen LogP contribution in [-0.4, -0.2) is 9.58 Å². The van der Waals surface area contributed by atoms with Crippen molar-refractivity contribution in [3.8, 4) is 0 Å². The molecule has 1 aliphatic carbocycles. The van der Waals surface area contributed by atoms with Gasteiger partial charge in [-0.05, 0) is 19.1 Å². The van der Waals surface area contributed by atoms with E-state index in [-0.39, 0.29) is 10.8 Å². The molecule has 0 aromatic heterocycles. The van der Waals surface area contributed by atoms with Gasteiger partial charge in [-0.3, -0.25) is 4.79 Å². The first-order chi connectivity index (χ1) is 5.76. The maximum atomic E-state index is 11.0. The van der Waals surface area contributed by atoms with Crippen LogP contribution in [0.5, 0.6) is 0 Å². The van der Waals surface area contributed by atoms with Gasteiger partial charge in [0.05, 0.1) is 10.4 Å². The fourth-order valence-electron chi connectivity index (χ4n) is 0.887. The molecule has 1 nitrogen and oxygen atoms in total. The molecular formula is C8H6Cl4O. The van der Waals surface area contributed by atoms with Crippen molar-refractivity contribution in [2.24, 2.45) is 5.41 Å². The summed E-state index contributed by atoms with van der Waals surface area (Å²) in [5.41, 5.74) is -0.831. The zero-order valence-electron chi connectivity index (χ0n) is 6.65. The van der Waals surface area contributed by atoms with E-state index in [1.807, 2.05) is 0 Å². The summed E-state index contributed by atoms with van der Waals surface area (Å²) < 4.78 is -1.51. The van der Waals surface area contributed by atoms with E-state index >= 15 is 0 Å². The predicted molar refractivity (Wildman–Crippen MR) is 56.5 cm³/mol. The van der Waals surface area contributed by atoms with E-state index < -0.39 is 9.21 Å². The van der Waals surface area contributed by atoms with Crippen molar-refractivity contribution in [1.29, 1.82) is 0 Å². The van der Waals surface area contributed by atoms with Crippen LogP contribution >= 0.6 is 46.4 Å². The number of ketones is 1. The monoisotopic (exact) mass is 258 g/mol. The summed E-state index contributed by atoms with van der Waals surface area (Å²) in [5, 5.41) is 0.0799. The zero-order valence-corrected chi connectivity index (χ0v) is 9.68. The van der Waals surface area contributed by atoms with E-state index in [9.17, 15) is 4.79 Å². The molecule has 0 saturated carbocycles. The molecule has 0 fully saturated rings. The Kier molecular flexibility index (Phi) is 3.04. The Morgan fingerprint density at radius 3 is 2.31 bits per heavy atom. The number of carbonyl (C=O) groups is 1. The van der Waals surface area contributed by atoms with Crippen LogP contribution in [0.3, 0.4) is 0 Å². The van der Waals surface area contributed by atoms with Crippen molar-refractivity contribution in [3.63, 3.8) is 0 Å². The smallest absolute Gasteiger partial charge is 0.202 e. The van der Waals surface area contributed by atoms with E-state index in [2.05, 4.69) is 0 Å². The van der Waals surface area contributed by atoms with Gasteiger partial charge in [0, 0.05) is 0 Å². The Balaban J connectivity index is 3.10. The van der Waals surface area contributed by atoms with Crippen LogP contribution in [-0.2, 0) is 4.79 Å². The molecule has 0 spiro atoms. The molecule has 0 aromatic rings. The van der Waals surface area contributed by atoms with Crippen molar-refractivity contribution in [2.75, 3.05) is 0 Å². The highest BCUT2D eigenvalue weighted by Gasteiger charge is 2.42. The number of halogens is 4. The summed E-state index contributed by atoms with van der Waals surface area (Å²) >= 11 is 22.8.